The van der Waals surface area contributed by atoms with E-state index in [1.165, 1.54) is 15.0 Å². The maximum Gasteiger partial charge on any atom is 0.120 e. The Hall–Kier alpha value is -2.08. The summed E-state index contributed by atoms with van der Waals surface area (Å²) in [5, 5.41) is 12.7. The Balaban J connectivity index is 0.000000186. The largest absolute Gasteiger partial charge is 0.497 e. The van der Waals surface area contributed by atoms with Crippen LogP contribution < -0.4 is 9.47 Å². The quantitative estimate of drug-likeness (QED) is 0.316. The molecule has 0 saturated heterocycles. The average Bonchev–Trinajstić information content (AvgIpc) is 3.33. The number of benzene rings is 2. The number of rotatable bonds is 4. The zero-order chi connectivity index (χ0) is 24.4. The Kier molecular flexibility index (Phi) is 7.77. The second kappa shape index (κ2) is 10.0. The maximum absolute atomic E-state index is 10.3. The molecule has 178 valence electrons. The molecule has 0 aliphatic rings. The van der Waals surface area contributed by atoms with Gasteiger partial charge in [0.05, 0.1) is 20.3 Å². The molecule has 33 heavy (non-hydrogen) atoms. The summed E-state index contributed by atoms with van der Waals surface area (Å²) in [6.07, 6.45) is 0.708. The number of hydrogen-bond donors (Lipinski definition) is 1. The number of fused-ring (bicyclic) bond motifs is 2. The van der Waals surface area contributed by atoms with Gasteiger partial charge in [-0.3, -0.25) is 0 Å². The normalized spacial score (nSPS) is 13.0. The van der Waals surface area contributed by atoms with Crippen molar-refractivity contribution in [3.63, 3.8) is 0 Å². The van der Waals surface area contributed by atoms with Crippen LogP contribution in [0.5, 0.6) is 11.5 Å². The lowest BCUT2D eigenvalue weighted by atomic mass is 9.88. The Bertz CT molecular complexity index is 1210. The average molecular weight is 485 g/mol. The summed E-state index contributed by atoms with van der Waals surface area (Å²) < 4.78 is 12.9. The van der Waals surface area contributed by atoms with Crippen molar-refractivity contribution < 1.29 is 14.6 Å². The highest BCUT2D eigenvalue weighted by molar-refractivity contribution is 7.19. The van der Waals surface area contributed by atoms with Crippen LogP contribution in [0.2, 0.25) is 0 Å². The predicted molar refractivity (Wildman–Crippen MR) is 144 cm³/mol. The Morgan fingerprint density at radius 2 is 1.27 bits per heavy atom. The van der Waals surface area contributed by atoms with Gasteiger partial charge in [-0.25, -0.2) is 0 Å². The summed E-state index contributed by atoms with van der Waals surface area (Å²) >= 11 is 3.51. The number of thiophene rings is 2. The van der Waals surface area contributed by atoms with E-state index in [0.717, 1.165) is 32.9 Å². The van der Waals surface area contributed by atoms with Gasteiger partial charge in [0.25, 0.3) is 0 Å². The van der Waals surface area contributed by atoms with Gasteiger partial charge in [-0.15, -0.1) is 22.7 Å². The molecule has 1 unspecified atom stereocenters. The molecule has 1 N–H and O–H groups in total. The number of hydrogen-bond acceptors (Lipinski definition) is 5. The van der Waals surface area contributed by atoms with Crippen LogP contribution in [0.25, 0.3) is 20.2 Å². The van der Waals surface area contributed by atoms with E-state index in [1.54, 1.807) is 25.6 Å². The van der Waals surface area contributed by atoms with Gasteiger partial charge in [-0.1, -0.05) is 41.5 Å². The van der Waals surface area contributed by atoms with E-state index in [-0.39, 0.29) is 5.41 Å². The number of aliphatic hydroxyl groups excluding tert-OH is 1. The zero-order valence-corrected chi connectivity index (χ0v) is 22.6. The van der Waals surface area contributed by atoms with Crippen molar-refractivity contribution in [1.29, 1.82) is 0 Å². The maximum atomic E-state index is 10.3. The van der Waals surface area contributed by atoms with Gasteiger partial charge in [0.1, 0.15) is 11.5 Å². The van der Waals surface area contributed by atoms with Gasteiger partial charge in [0.15, 0.2) is 0 Å². The van der Waals surface area contributed by atoms with Gasteiger partial charge >= 0.3 is 0 Å². The minimum Gasteiger partial charge on any atom is -0.497 e. The molecule has 2 aromatic heterocycles. The fourth-order valence-electron chi connectivity index (χ4n) is 3.52. The van der Waals surface area contributed by atoms with Gasteiger partial charge in [0.2, 0.25) is 0 Å². The monoisotopic (exact) mass is 484 g/mol. The van der Waals surface area contributed by atoms with Crippen molar-refractivity contribution in [2.75, 3.05) is 14.2 Å². The third kappa shape index (κ3) is 6.72. The summed E-state index contributed by atoms with van der Waals surface area (Å²) in [5.41, 5.74) is 0.218. The summed E-state index contributed by atoms with van der Waals surface area (Å²) in [4.78, 5) is 2.47. The third-order valence-corrected chi connectivity index (χ3v) is 7.57. The van der Waals surface area contributed by atoms with Crippen molar-refractivity contribution in [3.8, 4) is 11.5 Å². The molecule has 1 atom stereocenters. The molecule has 0 amide bonds. The first kappa shape index (κ1) is 25.5. The van der Waals surface area contributed by atoms with Crippen LogP contribution >= 0.6 is 22.7 Å². The van der Waals surface area contributed by atoms with E-state index in [9.17, 15) is 5.11 Å². The van der Waals surface area contributed by atoms with Crippen LogP contribution in [0.3, 0.4) is 0 Å². The molecule has 2 heterocycles. The fraction of sp³-hybridized carbons (Fsp3) is 0.429. The van der Waals surface area contributed by atoms with Crippen LogP contribution in [-0.2, 0) is 6.42 Å². The SMILES string of the molecule is COc1ccc2cc(C(O)C(C)(C)C)sc2c1.COc1ccc2cc(CC(C)(C)C)sc2c1. The molecule has 0 bridgehead atoms. The van der Waals surface area contributed by atoms with E-state index < -0.39 is 6.10 Å². The molecule has 0 aliphatic carbocycles. The first-order valence-electron chi connectivity index (χ1n) is 11.2. The van der Waals surface area contributed by atoms with E-state index in [0.29, 0.717) is 5.41 Å². The lowest BCUT2D eigenvalue weighted by Crippen LogP contribution is -2.16. The highest BCUT2D eigenvalue weighted by atomic mass is 32.1. The first-order valence-corrected chi connectivity index (χ1v) is 12.8. The van der Waals surface area contributed by atoms with E-state index in [1.807, 2.05) is 56.4 Å². The number of methoxy groups -OCH3 is 2. The van der Waals surface area contributed by atoms with Gasteiger partial charge in [-0.2, -0.15) is 0 Å². The van der Waals surface area contributed by atoms with Crippen LogP contribution in [0.15, 0.2) is 48.5 Å². The van der Waals surface area contributed by atoms with Gasteiger partial charge in [-0.05, 0) is 76.6 Å². The topological polar surface area (TPSA) is 38.7 Å². The van der Waals surface area contributed by atoms with Gasteiger partial charge < -0.3 is 14.6 Å². The fourth-order valence-corrected chi connectivity index (χ4v) is 6.24. The highest BCUT2D eigenvalue weighted by Gasteiger charge is 2.25. The second-order valence-electron chi connectivity index (χ2n) is 10.7. The smallest absolute Gasteiger partial charge is 0.120 e. The minimum absolute atomic E-state index is 0.134. The van der Waals surface area contributed by atoms with Gasteiger partial charge in [0, 0.05) is 19.2 Å². The van der Waals surface area contributed by atoms with E-state index in [2.05, 4.69) is 45.0 Å². The summed E-state index contributed by atoms with van der Waals surface area (Å²) in [6, 6.07) is 16.6. The number of ether oxygens (including phenoxy) is 2. The summed E-state index contributed by atoms with van der Waals surface area (Å²) in [5.74, 6) is 1.80. The molecule has 0 saturated carbocycles. The molecule has 2 aromatic carbocycles. The lowest BCUT2D eigenvalue weighted by molar-refractivity contribution is 0.0659. The molecule has 3 nitrogen and oxygen atoms in total. The highest BCUT2D eigenvalue weighted by Crippen LogP contribution is 2.39. The van der Waals surface area contributed by atoms with Crippen LogP contribution in [0.4, 0.5) is 0 Å². The summed E-state index contributed by atoms with van der Waals surface area (Å²) in [7, 11) is 3.38. The number of aliphatic hydroxyl groups is 1. The molecule has 0 aliphatic heterocycles. The van der Waals surface area contributed by atoms with Crippen LogP contribution in [-0.4, -0.2) is 19.3 Å². The van der Waals surface area contributed by atoms with Crippen molar-refractivity contribution in [1.82, 2.24) is 0 Å². The second-order valence-corrected chi connectivity index (χ2v) is 13.0. The Morgan fingerprint density at radius 1 is 0.758 bits per heavy atom. The Morgan fingerprint density at radius 3 is 1.76 bits per heavy atom. The molecule has 4 aromatic rings. The molecular weight excluding hydrogens is 448 g/mol. The Labute approximate surface area is 206 Å². The first-order chi connectivity index (χ1) is 15.4. The molecule has 5 heteroatoms. The summed E-state index contributed by atoms with van der Waals surface area (Å²) in [6.45, 7) is 13.0. The predicted octanol–water partition coefficient (Wildman–Crippen LogP) is 8.49. The third-order valence-electron chi connectivity index (χ3n) is 5.32. The van der Waals surface area contributed by atoms with Crippen LogP contribution in [0.1, 0.15) is 57.4 Å². The molecule has 4 rings (SSSR count). The molecule has 0 radical (unpaired) electrons. The molecule has 0 fully saturated rings. The zero-order valence-electron chi connectivity index (χ0n) is 21.0. The van der Waals surface area contributed by atoms with Crippen molar-refractivity contribution in [3.05, 3.63) is 58.3 Å². The van der Waals surface area contributed by atoms with Crippen molar-refractivity contribution in [2.45, 2.75) is 54.1 Å². The minimum atomic E-state index is -0.425. The van der Waals surface area contributed by atoms with Crippen molar-refractivity contribution >= 4 is 42.8 Å². The van der Waals surface area contributed by atoms with E-state index in [4.69, 9.17) is 9.47 Å². The lowest BCUT2D eigenvalue weighted by Gasteiger charge is -2.24. The molecule has 0 spiro atoms. The van der Waals surface area contributed by atoms with E-state index >= 15 is 0 Å². The van der Waals surface area contributed by atoms with Crippen LogP contribution in [0, 0.1) is 10.8 Å². The standard InChI is InChI=1S/C14H18O2S.C14H18OS/c1-14(2,3)13(15)12-7-9-5-6-10(16-4)8-11(9)17-12;1-14(2,3)9-12-7-10-5-6-11(15-4)8-13(10)16-12/h5-8,13,15H,1-4H3;5-8H,9H2,1-4H3. The van der Waals surface area contributed by atoms with Crippen molar-refractivity contribution in [2.24, 2.45) is 10.8 Å². The molecular formula is C28H36O3S2.